The normalized spacial score (nSPS) is 10.4. The van der Waals surface area contributed by atoms with E-state index in [1.807, 2.05) is 29.6 Å². The zero-order valence-electron chi connectivity index (χ0n) is 15.7. The lowest BCUT2D eigenvalue weighted by Crippen LogP contribution is -2.30. The fourth-order valence-electron chi connectivity index (χ4n) is 2.43. The topological polar surface area (TPSA) is 68.7 Å². The zero-order chi connectivity index (χ0) is 20.6. The predicted octanol–water partition coefficient (Wildman–Crippen LogP) is 4.30. The van der Waals surface area contributed by atoms with Gasteiger partial charge in [-0.05, 0) is 42.0 Å². The van der Waals surface area contributed by atoms with Crippen molar-refractivity contribution in [3.63, 3.8) is 0 Å². The lowest BCUT2D eigenvalue weighted by atomic mass is 10.2. The van der Waals surface area contributed by atoms with Crippen LogP contribution in [0, 0.1) is 0 Å². The zero-order valence-corrected chi connectivity index (χ0v) is 18.1. The van der Waals surface area contributed by atoms with Gasteiger partial charge < -0.3 is 14.4 Å². The summed E-state index contributed by atoms with van der Waals surface area (Å²) in [5.41, 5.74) is 3.94. The van der Waals surface area contributed by atoms with Crippen LogP contribution in [0.2, 0.25) is 0 Å². The number of hydrogen-bond acceptors (Lipinski definition) is 6. The summed E-state index contributed by atoms with van der Waals surface area (Å²) in [7, 11) is 1.67. The molecule has 3 rings (SSSR count). The molecule has 150 valence electrons. The molecule has 0 N–H and O–H groups in total. The third kappa shape index (κ3) is 6.40. The summed E-state index contributed by atoms with van der Waals surface area (Å²) in [6.07, 6.45) is 0. The van der Waals surface area contributed by atoms with Gasteiger partial charge in [0.1, 0.15) is 12.4 Å². The van der Waals surface area contributed by atoms with Gasteiger partial charge in [-0.15, -0.1) is 11.3 Å². The summed E-state index contributed by atoms with van der Waals surface area (Å²) in [6, 6.07) is 14.3. The number of likely N-dealkylation sites (N-methyl/N-ethyl adjacent to an activating group) is 1. The van der Waals surface area contributed by atoms with E-state index in [-0.39, 0.29) is 12.5 Å². The maximum Gasteiger partial charge on any atom is 0.338 e. The number of esters is 1. The van der Waals surface area contributed by atoms with Crippen LogP contribution in [-0.4, -0.2) is 35.4 Å². The number of nitrogens with zero attached hydrogens (tertiary/aromatic N) is 2. The molecule has 6 nitrogen and oxygen atoms in total. The van der Waals surface area contributed by atoms with E-state index in [1.165, 1.54) is 16.2 Å². The smallest absolute Gasteiger partial charge is 0.338 e. The van der Waals surface area contributed by atoms with Gasteiger partial charge in [0, 0.05) is 23.4 Å². The van der Waals surface area contributed by atoms with Crippen LogP contribution in [0.1, 0.15) is 21.6 Å². The van der Waals surface area contributed by atoms with E-state index in [4.69, 9.17) is 9.47 Å². The molecule has 0 saturated heterocycles. The number of carbonyl (C=O) groups excluding carboxylic acids is 2. The Kier molecular flexibility index (Phi) is 7.37. The minimum Gasteiger partial charge on any atom is -0.487 e. The maximum atomic E-state index is 12.2. The summed E-state index contributed by atoms with van der Waals surface area (Å²) < 4.78 is 11.7. The molecule has 0 aliphatic heterocycles. The number of hydrogen-bond donors (Lipinski definition) is 0. The summed E-state index contributed by atoms with van der Waals surface area (Å²) in [6.45, 7) is 0.495. The molecule has 0 saturated carbocycles. The minimum atomic E-state index is -0.554. The number of halogens is 1. The van der Waals surface area contributed by atoms with Gasteiger partial charge in [-0.1, -0.05) is 28.1 Å². The highest BCUT2D eigenvalue weighted by Gasteiger charge is 2.14. The van der Waals surface area contributed by atoms with Crippen LogP contribution in [0.4, 0.5) is 0 Å². The van der Waals surface area contributed by atoms with Gasteiger partial charge in [0.05, 0.1) is 16.8 Å². The van der Waals surface area contributed by atoms with Gasteiger partial charge in [-0.3, -0.25) is 4.79 Å². The van der Waals surface area contributed by atoms with Crippen molar-refractivity contribution in [1.82, 2.24) is 9.88 Å². The van der Waals surface area contributed by atoms with Gasteiger partial charge in [0.2, 0.25) is 0 Å². The number of amides is 1. The summed E-state index contributed by atoms with van der Waals surface area (Å²) >= 11 is 4.88. The highest BCUT2D eigenvalue weighted by atomic mass is 79.9. The molecule has 0 atom stereocenters. The molecule has 3 aromatic rings. The number of thiazole rings is 1. The first-order chi connectivity index (χ1) is 14.0. The van der Waals surface area contributed by atoms with Crippen molar-refractivity contribution in [2.45, 2.75) is 13.2 Å². The van der Waals surface area contributed by atoms with Crippen molar-refractivity contribution < 1.29 is 19.1 Å². The molecule has 0 radical (unpaired) electrons. The van der Waals surface area contributed by atoms with Crippen LogP contribution in [0.15, 0.2) is 63.9 Å². The van der Waals surface area contributed by atoms with Gasteiger partial charge in [-0.25, -0.2) is 9.78 Å². The van der Waals surface area contributed by atoms with Gasteiger partial charge >= 0.3 is 5.97 Å². The molecule has 0 spiro atoms. The fraction of sp³-hybridized carbons (Fsp3) is 0.190. The molecule has 0 aliphatic carbocycles. The fourth-order valence-corrected chi connectivity index (χ4v) is 3.23. The highest BCUT2D eigenvalue weighted by molar-refractivity contribution is 9.10. The maximum absolute atomic E-state index is 12.2. The average molecular weight is 475 g/mol. The molecule has 1 amide bonds. The lowest BCUT2D eigenvalue weighted by molar-refractivity contribution is -0.133. The molecule has 8 heteroatoms. The van der Waals surface area contributed by atoms with Crippen molar-refractivity contribution in [3.8, 4) is 5.75 Å². The van der Waals surface area contributed by atoms with Crippen molar-refractivity contribution in [3.05, 3.63) is 80.7 Å². The monoisotopic (exact) mass is 474 g/mol. The predicted molar refractivity (Wildman–Crippen MR) is 114 cm³/mol. The number of benzene rings is 2. The molecule has 2 aromatic carbocycles. The molecule has 0 bridgehead atoms. The Morgan fingerprint density at radius 3 is 2.48 bits per heavy atom. The van der Waals surface area contributed by atoms with Gasteiger partial charge in [0.25, 0.3) is 5.91 Å². The van der Waals surface area contributed by atoms with Crippen LogP contribution in [0.3, 0.4) is 0 Å². The van der Waals surface area contributed by atoms with E-state index in [9.17, 15) is 9.59 Å². The van der Waals surface area contributed by atoms with Crippen molar-refractivity contribution >= 4 is 39.1 Å². The first-order valence-corrected chi connectivity index (χ1v) is 10.5. The van der Waals surface area contributed by atoms with Crippen LogP contribution >= 0.6 is 27.3 Å². The second kappa shape index (κ2) is 10.2. The summed E-state index contributed by atoms with van der Waals surface area (Å²) in [5.74, 6) is -0.203. The lowest BCUT2D eigenvalue weighted by Gasteiger charge is -2.17. The molecule has 29 heavy (non-hydrogen) atoms. The van der Waals surface area contributed by atoms with Crippen LogP contribution < -0.4 is 4.74 Å². The molecular formula is C21H19BrN2O4S. The van der Waals surface area contributed by atoms with Crippen LogP contribution in [0.25, 0.3) is 0 Å². The number of rotatable bonds is 8. The first-order valence-electron chi connectivity index (χ1n) is 8.77. The Morgan fingerprint density at radius 1 is 1.10 bits per heavy atom. The second-order valence-corrected chi connectivity index (χ2v) is 7.88. The molecule has 0 fully saturated rings. The average Bonchev–Trinajstić information content (AvgIpc) is 3.26. The third-order valence-electron chi connectivity index (χ3n) is 4.05. The number of aromatic nitrogens is 1. The number of ether oxygens (including phenoxy) is 2. The SMILES string of the molecule is CN(Cc1ccc(Br)cc1)C(=O)COC(=O)c1ccc(OCc2cscn2)cc1. The van der Waals surface area contributed by atoms with E-state index in [0.29, 0.717) is 24.5 Å². The molecule has 1 aromatic heterocycles. The Hall–Kier alpha value is -2.71. The summed E-state index contributed by atoms with van der Waals surface area (Å²) in [4.78, 5) is 30.1. The summed E-state index contributed by atoms with van der Waals surface area (Å²) in [5, 5.41) is 1.91. The van der Waals surface area contributed by atoms with Crippen molar-refractivity contribution in [1.29, 1.82) is 0 Å². The minimum absolute atomic E-state index is 0.274. The van der Waals surface area contributed by atoms with E-state index in [0.717, 1.165) is 15.7 Å². The molecule has 0 aliphatic rings. The van der Waals surface area contributed by atoms with E-state index in [1.54, 1.807) is 36.8 Å². The molecular weight excluding hydrogens is 456 g/mol. The Bertz CT molecular complexity index is 944. The largest absolute Gasteiger partial charge is 0.487 e. The third-order valence-corrected chi connectivity index (χ3v) is 5.21. The molecule has 1 heterocycles. The van der Waals surface area contributed by atoms with Crippen LogP contribution in [-0.2, 0) is 22.7 Å². The number of carbonyl (C=O) groups is 2. The van der Waals surface area contributed by atoms with Crippen LogP contribution in [0.5, 0.6) is 5.75 Å². The van der Waals surface area contributed by atoms with E-state index in [2.05, 4.69) is 20.9 Å². The van der Waals surface area contributed by atoms with Gasteiger partial charge in [-0.2, -0.15) is 0 Å². The Labute approximate surface area is 181 Å². The van der Waals surface area contributed by atoms with Crippen molar-refractivity contribution in [2.24, 2.45) is 0 Å². The quantitative estimate of drug-likeness (QED) is 0.455. The van der Waals surface area contributed by atoms with Gasteiger partial charge in [0.15, 0.2) is 6.61 Å². The molecule has 0 unspecified atom stereocenters. The van der Waals surface area contributed by atoms with E-state index < -0.39 is 5.97 Å². The highest BCUT2D eigenvalue weighted by Crippen LogP contribution is 2.15. The Morgan fingerprint density at radius 2 is 1.83 bits per heavy atom. The van der Waals surface area contributed by atoms with Crippen molar-refractivity contribution in [2.75, 3.05) is 13.7 Å². The first kappa shape index (κ1) is 21.0. The Balaban J connectivity index is 1.45. The van der Waals surface area contributed by atoms with E-state index >= 15 is 0 Å². The standard InChI is InChI=1S/C21H19BrN2O4S/c1-24(10-15-2-6-17(22)7-3-15)20(25)12-28-21(26)16-4-8-19(9-5-16)27-11-18-13-29-14-23-18/h2-9,13-14H,10-12H2,1H3. The second-order valence-electron chi connectivity index (χ2n) is 6.25.